The summed E-state index contributed by atoms with van der Waals surface area (Å²) < 4.78 is 51.7. The molecule has 0 heterocycles. The summed E-state index contributed by atoms with van der Waals surface area (Å²) in [6.45, 7) is 1.78. The molecule has 3 aromatic rings. The molecule has 0 unspecified atom stereocenters. The Morgan fingerprint density at radius 1 is 0.697 bits per heavy atom. The largest absolute Gasteiger partial charge is 0.294 e. The lowest BCUT2D eigenvalue weighted by Crippen LogP contribution is -2.30. The second kappa shape index (κ2) is 10.7. The molecule has 172 valence electrons. The summed E-state index contributed by atoms with van der Waals surface area (Å²) in [6, 6.07) is 24.1. The molecule has 0 bridgehead atoms. The molecule has 0 fully saturated rings. The lowest BCUT2D eigenvalue weighted by Gasteiger charge is -2.18. The molecule has 0 atom stereocenters. The fourth-order valence-electron chi connectivity index (χ4n) is 3.42. The zero-order valence-electron chi connectivity index (χ0n) is 18.3. The summed E-state index contributed by atoms with van der Waals surface area (Å²) in [5, 5.41) is 0. The maximum absolute atomic E-state index is 13.4. The summed E-state index contributed by atoms with van der Waals surface area (Å²) in [6.07, 6.45) is 2.08. The van der Waals surface area contributed by atoms with Gasteiger partial charge >= 0.3 is 0 Å². The molecule has 0 saturated carbocycles. The van der Waals surface area contributed by atoms with Crippen LogP contribution in [-0.2, 0) is 19.7 Å². The van der Waals surface area contributed by atoms with Crippen LogP contribution >= 0.6 is 0 Å². The Hall–Kier alpha value is -3.03. The fraction of sp³-hybridized carbons (Fsp3) is 0.192. The molecule has 0 saturated heterocycles. The molecule has 0 aliphatic carbocycles. The van der Waals surface area contributed by atoms with Gasteiger partial charge in [0.15, 0.2) is 30.0 Å². The fourth-order valence-corrected chi connectivity index (χ4v) is 7.80. The van der Waals surface area contributed by atoms with E-state index in [1.165, 1.54) is 24.3 Å². The minimum absolute atomic E-state index is 0.0197. The number of rotatable bonds is 10. The number of Topliss-reactive ketones (excluding diaryl/α,β-unsaturated/α-hetero) is 1. The highest BCUT2D eigenvalue weighted by molar-refractivity contribution is 8.09. The molecule has 3 rings (SSSR count). The summed E-state index contributed by atoms with van der Waals surface area (Å²) in [4.78, 5) is 12.3. The van der Waals surface area contributed by atoms with Crippen LogP contribution in [-0.4, -0.2) is 27.2 Å². The third kappa shape index (κ3) is 6.06. The van der Waals surface area contributed by atoms with Gasteiger partial charge in [-0.25, -0.2) is 16.8 Å². The molecule has 0 aromatic heterocycles. The van der Waals surface area contributed by atoms with Gasteiger partial charge in [0.05, 0.1) is 9.79 Å². The molecule has 7 heteroatoms. The molecule has 5 nitrogen and oxygen atoms in total. The van der Waals surface area contributed by atoms with E-state index in [4.69, 9.17) is 0 Å². The number of hydrogen-bond acceptors (Lipinski definition) is 5. The third-order valence-corrected chi connectivity index (χ3v) is 10.5. The minimum atomic E-state index is -4.18. The minimum Gasteiger partial charge on any atom is -0.294 e. The molecule has 33 heavy (non-hydrogen) atoms. The van der Waals surface area contributed by atoms with Crippen molar-refractivity contribution in [3.05, 3.63) is 108 Å². The van der Waals surface area contributed by atoms with E-state index >= 15 is 0 Å². The van der Waals surface area contributed by atoms with Crippen molar-refractivity contribution in [3.63, 3.8) is 0 Å². The molecular formula is C26H26O5S2. The number of hydrogen-bond donors (Lipinski definition) is 0. The van der Waals surface area contributed by atoms with Gasteiger partial charge in [-0.15, -0.1) is 0 Å². The average molecular weight is 483 g/mol. The van der Waals surface area contributed by atoms with Gasteiger partial charge in [0.25, 0.3) is 0 Å². The topological polar surface area (TPSA) is 85.3 Å². The van der Waals surface area contributed by atoms with Crippen LogP contribution in [0.1, 0.15) is 36.5 Å². The van der Waals surface area contributed by atoms with Crippen LogP contribution in [0.3, 0.4) is 0 Å². The highest BCUT2D eigenvalue weighted by atomic mass is 32.3. The molecule has 0 N–H and O–H groups in total. The zero-order valence-corrected chi connectivity index (χ0v) is 19.9. The van der Waals surface area contributed by atoms with Gasteiger partial charge in [0.2, 0.25) is 0 Å². The number of allylic oxidation sites excluding steroid dienone is 2. The van der Waals surface area contributed by atoms with Crippen molar-refractivity contribution in [3.8, 4) is 0 Å². The predicted molar refractivity (Wildman–Crippen MR) is 129 cm³/mol. The standard InChI is InChI=1S/C26H26O5S2/c1-21(17-19-25(27)22-11-5-2-6-12-22)18-20-26(32(28,29)23-13-7-3-8-14-23)33(30,31)24-15-9-4-10-16-24/h2-16,18,26H,17,19-20H2,1H3/b21-18-. The van der Waals surface area contributed by atoms with Crippen molar-refractivity contribution in [2.45, 2.75) is 40.6 Å². The normalized spacial score (nSPS) is 12.6. The Morgan fingerprint density at radius 2 is 1.12 bits per heavy atom. The zero-order chi connectivity index (χ0) is 23.9. The Bertz CT molecular complexity index is 1240. The molecule has 0 aliphatic heterocycles. The summed E-state index contributed by atoms with van der Waals surface area (Å²) in [5.74, 6) is -0.0197. The molecule has 0 spiro atoms. The predicted octanol–water partition coefficient (Wildman–Crippen LogP) is 5.26. The monoisotopic (exact) mass is 482 g/mol. The average Bonchev–Trinajstić information content (AvgIpc) is 2.84. The van der Waals surface area contributed by atoms with Gasteiger partial charge in [-0.1, -0.05) is 78.4 Å². The summed E-state index contributed by atoms with van der Waals surface area (Å²) in [7, 11) is -8.35. The molecule has 0 aliphatic rings. The van der Waals surface area contributed by atoms with E-state index in [1.807, 2.05) is 6.07 Å². The second-order valence-corrected chi connectivity index (χ2v) is 12.3. The van der Waals surface area contributed by atoms with Crippen LogP contribution < -0.4 is 0 Å². The lowest BCUT2D eigenvalue weighted by atomic mass is 10.0. The van der Waals surface area contributed by atoms with Crippen molar-refractivity contribution >= 4 is 25.5 Å². The van der Waals surface area contributed by atoms with Gasteiger partial charge in [0.1, 0.15) is 0 Å². The second-order valence-electron chi connectivity index (χ2n) is 7.72. The van der Waals surface area contributed by atoms with Crippen LogP contribution in [0.15, 0.2) is 112 Å². The first-order valence-electron chi connectivity index (χ1n) is 10.5. The lowest BCUT2D eigenvalue weighted by molar-refractivity contribution is 0.0982. The first-order chi connectivity index (χ1) is 15.7. The number of sulfone groups is 2. The number of carbonyl (C=O) groups excluding carboxylic acids is 1. The van der Waals surface area contributed by atoms with Crippen LogP contribution in [0.5, 0.6) is 0 Å². The van der Waals surface area contributed by atoms with Gasteiger partial charge < -0.3 is 0 Å². The maximum Gasteiger partial charge on any atom is 0.196 e. The molecular weight excluding hydrogens is 456 g/mol. The summed E-state index contributed by atoms with van der Waals surface area (Å²) in [5.41, 5.74) is 1.37. The van der Waals surface area contributed by atoms with E-state index < -0.39 is 24.3 Å². The Morgan fingerprint density at radius 3 is 1.58 bits per heavy atom. The van der Waals surface area contributed by atoms with E-state index in [0.29, 0.717) is 12.0 Å². The Labute approximate surface area is 195 Å². The first kappa shape index (κ1) is 24.6. The van der Waals surface area contributed by atoms with E-state index in [2.05, 4.69) is 0 Å². The smallest absolute Gasteiger partial charge is 0.196 e. The molecule has 0 amide bonds. The molecule has 3 aromatic carbocycles. The van der Waals surface area contributed by atoms with Crippen molar-refractivity contribution in [2.24, 2.45) is 0 Å². The Kier molecular flexibility index (Phi) is 8.00. The quantitative estimate of drug-likeness (QED) is 0.291. The van der Waals surface area contributed by atoms with Crippen LogP contribution in [0.25, 0.3) is 0 Å². The Balaban J connectivity index is 1.86. The van der Waals surface area contributed by atoms with Crippen LogP contribution in [0.4, 0.5) is 0 Å². The third-order valence-electron chi connectivity index (χ3n) is 5.34. The van der Waals surface area contributed by atoms with E-state index in [9.17, 15) is 21.6 Å². The highest BCUT2D eigenvalue weighted by Gasteiger charge is 2.39. The number of benzene rings is 3. The summed E-state index contributed by atoms with van der Waals surface area (Å²) >= 11 is 0. The van der Waals surface area contributed by atoms with E-state index in [0.717, 1.165) is 5.57 Å². The van der Waals surface area contributed by atoms with E-state index in [-0.39, 0.29) is 28.4 Å². The van der Waals surface area contributed by atoms with Gasteiger partial charge in [-0.2, -0.15) is 0 Å². The number of ketones is 1. The van der Waals surface area contributed by atoms with Crippen molar-refractivity contribution in [2.75, 3.05) is 0 Å². The van der Waals surface area contributed by atoms with Gasteiger partial charge in [-0.3, -0.25) is 4.79 Å². The van der Waals surface area contributed by atoms with Crippen molar-refractivity contribution < 1.29 is 21.6 Å². The van der Waals surface area contributed by atoms with Crippen molar-refractivity contribution in [1.29, 1.82) is 0 Å². The van der Waals surface area contributed by atoms with Gasteiger partial charge in [-0.05, 0) is 44.0 Å². The first-order valence-corrected chi connectivity index (χ1v) is 13.6. The SMILES string of the molecule is C/C(=C/CC(S(=O)(=O)c1ccccc1)S(=O)(=O)c1ccccc1)CCC(=O)c1ccccc1. The highest BCUT2D eigenvalue weighted by Crippen LogP contribution is 2.29. The van der Waals surface area contributed by atoms with Crippen LogP contribution in [0, 0.1) is 0 Å². The maximum atomic E-state index is 13.4. The van der Waals surface area contributed by atoms with Crippen LogP contribution in [0.2, 0.25) is 0 Å². The van der Waals surface area contributed by atoms with E-state index in [1.54, 1.807) is 73.7 Å². The number of carbonyl (C=O) groups is 1. The van der Waals surface area contributed by atoms with Crippen molar-refractivity contribution in [1.82, 2.24) is 0 Å². The van der Waals surface area contributed by atoms with Gasteiger partial charge in [0, 0.05) is 12.0 Å². The molecule has 0 radical (unpaired) electrons.